The molecule has 26 heavy (non-hydrogen) atoms. The molecule has 1 aromatic rings. The smallest absolute Gasteiger partial charge is 0.419 e. The molecule has 4 N–H and O–H groups in total. The first-order valence-corrected chi connectivity index (χ1v) is 8.97. The number of aromatic nitrogens is 2. The molecule has 0 saturated carbocycles. The van der Waals surface area contributed by atoms with Crippen molar-refractivity contribution < 1.29 is 49.8 Å². The van der Waals surface area contributed by atoms with Gasteiger partial charge in [0.1, 0.15) is 0 Å². The molecular weight excluding hydrogens is 539 g/mol. The van der Waals surface area contributed by atoms with Crippen LogP contribution in [0, 0.1) is 12.8 Å². The van der Waals surface area contributed by atoms with Crippen LogP contribution in [-0.2, 0) is 40.6 Å². The van der Waals surface area contributed by atoms with E-state index >= 15 is 0 Å². The van der Waals surface area contributed by atoms with Gasteiger partial charge in [0.2, 0.25) is 0 Å². The Labute approximate surface area is 164 Å². The minimum Gasteiger partial charge on any atom is -0.419 e. The third-order valence-corrected chi connectivity index (χ3v) is 5.43. The van der Waals surface area contributed by atoms with E-state index in [-0.39, 0.29) is 26.6 Å². The molecule has 0 amide bonds. The number of nitrogens with one attached hydrogen (secondary N) is 1. The van der Waals surface area contributed by atoms with Gasteiger partial charge in [-0.3, -0.25) is 18.9 Å². The number of H-pyrrole nitrogens is 1. The molecular formula is C14H22N2O8PW-. The largest absolute Gasteiger partial charge is 0.469 e. The summed E-state index contributed by atoms with van der Waals surface area (Å²) in [5.74, 6) is 0.311. The van der Waals surface area contributed by atoms with Crippen molar-refractivity contribution in [1.82, 2.24) is 9.55 Å². The molecule has 0 spiro atoms. The van der Waals surface area contributed by atoms with E-state index in [1.54, 1.807) is 6.92 Å². The van der Waals surface area contributed by atoms with Gasteiger partial charge < -0.3 is 19.6 Å². The molecule has 1 aliphatic rings. The first kappa shape index (κ1) is 23.4. The fourth-order valence-electron chi connectivity index (χ4n) is 2.95. The number of phosphoric ester groups is 1. The van der Waals surface area contributed by atoms with Crippen molar-refractivity contribution in [3.63, 3.8) is 0 Å². The van der Waals surface area contributed by atoms with Crippen molar-refractivity contribution in [2.45, 2.75) is 51.5 Å². The van der Waals surface area contributed by atoms with Crippen LogP contribution in [0.1, 0.15) is 33.3 Å². The Bertz CT molecular complexity index is 846. The van der Waals surface area contributed by atoms with E-state index in [1.165, 1.54) is 33.9 Å². The summed E-state index contributed by atoms with van der Waals surface area (Å²) in [6.07, 6.45) is 1.30. The van der Waals surface area contributed by atoms with Crippen LogP contribution in [0.15, 0.2) is 15.8 Å². The van der Waals surface area contributed by atoms with E-state index in [1.807, 2.05) is 0 Å². The SMILES string of the molecule is Cc1cn(C2(C)OC(C)(COP(=O)(O)O)C(C)(O)[C-]2C)c(=O)[nH]c1=O.[W]. The quantitative estimate of drug-likeness (QED) is 0.291. The van der Waals surface area contributed by atoms with Crippen LogP contribution in [0.3, 0.4) is 0 Å². The van der Waals surface area contributed by atoms with Gasteiger partial charge in [0.25, 0.3) is 5.56 Å². The molecule has 12 heteroatoms. The number of ether oxygens (including phenoxy) is 1. The molecule has 148 valence electrons. The van der Waals surface area contributed by atoms with Crippen molar-refractivity contribution >= 4 is 7.82 Å². The second kappa shape index (κ2) is 7.09. The van der Waals surface area contributed by atoms with Crippen molar-refractivity contribution in [3.05, 3.63) is 38.5 Å². The van der Waals surface area contributed by atoms with E-state index in [9.17, 15) is 19.3 Å². The minimum absolute atomic E-state index is 0. The van der Waals surface area contributed by atoms with Gasteiger partial charge in [-0.25, -0.2) is 15.3 Å². The Kier molecular flexibility index (Phi) is 6.39. The average Bonchev–Trinajstić information content (AvgIpc) is 2.59. The molecule has 10 nitrogen and oxygen atoms in total. The number of rotatable bonds is 4. The summed E-state index contributed by atoms with van der Waals surface area (Å²) in [6.45, 7) is 6.78. The summed E-state index contributed by atoms with van der Waals surface area (Å²) < 4.78 is 22.6. The second-order valence-electron chi connectivity index (χ2n) is 6.72. The predicted molar refractivity (Wildman–Crippen MR) is 86.7 cm³/mol. The Morgan fingerprint density at radius 2 is 1.88 bits per heavy atom. The van der Waals surface area contributed by atoms with Crippen molar-refractivity contribution in [2.75, 3.05) is 6.61 Å². The van der Waals surface area contributed by atoms with Gasteiger partial charge in [0.15, 0.2) is 0 Å². The summed E-state index contributed by atoms with van der Waals surface area (Å²) in [6, 6.07) is 0. The molecule has 1 aliphatic heterocycles. The summed E-state index contributed by atoms with van der Waals surface area (Å²) in [5, 5.41) is 10.9. The fraction of sp³-hybridized carbons (Fsp3) is 0.643. The standard InChI is InChI=1S/C14H22N2O8P.W/c1-8-6-16(11(18)15-10(8)17)14(5)9(2)13(4,19)12(3,24-14)7-23-25(20,21)22;/h6,19H,7H2,1-5H3,(H,15,17,18)(H2,20,21,22);/q-1;. The number of hydrogen-bond acceptors (Lipinski definition) is 6. The maximum Gasteiger partial charge on any atom is 0.469 e. The summed E-state index contributed by atoms with van der Waals surface area (Å²) in [5.41, 5.74) is -5.73. The number of aliphatic hydroxyl groups is 1. The van der Waals surface area contributed by atoms with E-state index < -0.39 is 42.6 Å². The van der Waals surface area contributed by atoms with Gasteiger partial charge in [-0.1, -0.05) is 6.92 Å². The zero-order chi connectivity index (χ0) is 19.4. The van der Waals surface area contributed by atoms with Crippen LogP contribution < -0.4 is 11.2 Å². The number of aromatic amines is 1. The first-order valence-electron chi connectivity index (χ1n) is 7.44. The maximum atomic E-state index is 12.2. The Balaban J connectivity index is 0.00000338. The summed E-state index contributed by atoms with van der Waals surface area (Å²) >= 11 is 0. The van der Waals surface area contributed by atoms with Crippen LogP contribution >= 0.6 is 7.82 Å². The monoisotopic (exact) mass is 561 g/mol. The third kappa shape index (κ3) is 3.82. The van der Waals surface area contributed by atoms with Gasteiger partial charge in [0.05, 0.1) is 12.2 Å². The van der Waals surface area contributed by atoms with E-state index in [0.717, 1.165) is 4.57 Å². The second-order valence-corrected chi connectivity index (χ2v) is 7.96. The maximum absolute atomic E-state index is 12.2. The van der Waals surface area contributed by atoms with Crippen molar-refractivity contribution in [2.24, 2.45) is 0 Å². The topological polar surface area (TPSA) is 151 Å². The molecule has 2 heterocycles. The number of aryl methyl sites for hydroxylation is 1. The van der Waals surface area contributed by atoms with Crippen LogP contribution in [0.5, 0.6) is 0 Å². The molecule has 1 saturated heterocycles. The summed E-state index contributed by atoms with van der Waals surface area (Å²) in [7, 11) is -4.79. The van der Waals surface area contributed by atoms with Crippen molar-refractivity contribution in [1.29, 1.82) is 0 Å². The average molecular weight is 561 g/mol. The number of phosphoric acid groups is 1. The van der Waals surface area contributed by atoms with E-state index in [0.29, 0.717) is 5.92 Å². The zero-order valence-corrected chi connectivity index (χ0v) is 18.8. The van der Waals surface area contributed by atoms with Crippen LogP contribution in [0.2, 0.25) is 0 Å². The van der Waals surface area contributed by atoms with E-state index in [4.69, 9.17) is 14.5 Å². The predicted octanol–water partition coefficient (Wildman–Crippen LogP) is -0.241. The molecule has 0 bridgehead atoms. The molecule has 0 aliphatic carbocycles. The van der Waals surface area contributed by atoms with Gasteiger partial charge in [-0.05, 0) is 26.4 Å². The zero-order valence-electron chi connectivity index (χ0n) is 15.0. The Hall–Kier alpha value is -0.602. The molecule has 1 aromatic heterocycles. The minimum atomic E-state index is -4.79. The van der Waals surface area contributed by atoms with Gasteiger partial charge in [-0.15, -0.1) is 0 Å². The number of nitrogens with zero attached hydrogens (tertiary/aromatic N) is 1. The normalized spacial score (nSPS) is 32.5. The molecule has 3 atom stereocenters. The fourth-order valence-corrected chi connectivity index (χ4v) is 3.37. The number of hydrogen-bond donors (Lipinski definition) is 4. The third-order valence-electron chi connectivity index (χ3n) is 4.97. The van der Waals surface area contributed by atoms with Gasteiger partial charge >= 0.3 is 13.5 Å². The molecule has 0 aromatic carbocycles. The Morgan fingerprint density at radius 3 is 2.38 bits per heavy atom. The van der Waals surface area contributed by atoms with Crippen molar-refractivity contribution in [3.8, 4) is 0 Å². The Morgan fingerprint density at radius 1 is 1.35 bits per heavy atom. The molecule has 2 rings (SSSR count). The molecule has 1 fully saturated rings. The molecule has 0 radical (unpaired) electrons. The summed E-state index contributed by atoms with van der Waals surface area (Å²) in [4.78, 5) is 43.9. The molecule has 3 unspecified atom stereocenters. The first-order chi connectivity index (χ1) is 11.1. The van der Waals surface area contributed by atoms with E-state index in [2.05, 4.69) is 9.51 Å². The van der Waals surface area contributed by atoms with Crippen LogP contribution in [0.4, 0.5) is 0 Å². The van der Waals surface area contributed by atoms with Crippen LogP contribution in [0.25, 0.3) is 0 Å². The van der Waals surface area contributed by atoms with Gasteiger partial charge in [-0.2, -0.15) is 6.92 Å². The van der Waals surface area contributed by atoms with Gasteiger partial charge in [0, 0.05) is 38.6 Å². The van der Waals surface area contributed by atoms with Crippen LogP contribution in [-0.4, -0.2) is 42.3 Å².